The summed E-state index contributed by atoms with van der Waals surface area (Å²) in [6.45, 7) is 2.66. The van der Waals surface area contributed by atoms with E-state index in [9.17, 15) is 4.39 Å². The molecule has 0 aliphatic heterocycles. The Hall–Kier alpha value is -2.41. The number of rotatable bonds is 3. The first kappa shape index (κ1) is 12.1. The molecule has 1 aromatic heterocycles. The van der Waals surface area contributed by atoms with E-state index in [0.717, 1.165) is 5.69 Å². The van der Waals surface area contributed by atoms with Crippen LogP contribution in [0.5, 0.6) is 0 Å². The predicted molar refractivity (Wildman–Crippen MR) is 68.0 cm³/mol. The minimum atomic E-state index is -0.270. The van der Waals surface area contributed by atoms with E-state index in [1.807, 2.05) is 11.8 Å². The normalized spacial score (nSPS) is 9.83. The molecule has 0 amide bonds. The number of hydrogen-bond acceptors (Lipinski definition) is 3. The second kappa shape index (κ2) is 5.28. The van der Waals surface area contributed by atoms with Crippen molar-refractivity contribution in [3.63, 3.8) is 0 Å². The Kier molecular flexibility index (Phi) is 3.54. The molecule has 0 aliphatic rings. The summed E-state index contributed by atoms with van der Waals surface area (Å²) in [6.07, 6.45) is 1.60. The quantitative estimate of drug-likeness (QED) is 0.828. The average Bonchev–Trinajstić information content (AvgIpc) is 2.42. The Labute approximate surface area is 105 Å². The van der Waals surface area contributed by atoms with Gasteiger partial charge in [0.25, 0.3) is 0 Å². The van der Waals surface area contributed by atoms with Crippen LogP contribution in [0.1, 0.15) is 12.5 Å². The molecule has 0 saturated heterocycles. The summed E-state index contributed by atoms with van der Waals surface area (Å²) in [7, 11) is 0. The molecule has 0 radical (unpaired) electrons. The highest BCUT2D eigenvalue weighted by Crippen LogP contribution is 2.23. The van der Waals surface area contributed by atoms with Crippen LogP contribution in [0.25, 0.3) is 0 Å². The molecule has 2 rings (SSSR count). The van der Waals surface area contributed by atoms with Crippen LogP contribution in [-0.2, 0) is 0 Å². The van der Waals surface area contributed by atoms with Crippen molar-refractivity contribution in [1.29, 1.82) is 5.26 Å². The van der Waals surface area contributed by atoms with Crippen molar-refractivity contribution in [2.24, 2.45) is 0 Å². The highest BCUT2D eigenvalue weighted by atomic mass is 19.1. The van der Waals surface area contributed by atoms with Crippen molar-refractivity contribution in [3.05, 3.63) is 54.0 Å². The molecular formula is C14H12FN3. The molecular weight excluding hydrogens is 229 g/mol. The number of anilines is 2. The Morgan fingerprint density at radius 3 is 2.61 bits per heavy atom. The van der Waals surface area contributed by atoms with Gasteiger partial charge < -0.3 is 4.90 Å². The van der Waals surface area contributed by atoms with Gasteiger partial charge in [-0.1, -0.05) is 0 Å². The van der Waals surface area contributed by atoms with Crippen LogP contribution >= 0.6 is 0 Å². The maximum absolute atomic E-state index is 12.9. The SMILES string of the molecule is CCN(c1ccc(F)cc1)c1cc(C#N)ccn1. The van der Waals surface area contributed by atoms with Crippen molar-refractivity contribution < 1.29 is 4.39 Å². The molecule has 0 fully saturated rings. The summed E-state index contributed by atoms with van der Waals surface area (Å²) in [5.74, 6) is 0.414. The van der Waals surface area contributed by atoms with Gasteiger partial charge in [0, 0.05) is 18.4 Å². The molecule has 90 valence electrons. The highest BCUT2D eigenvalue weighted by Gasteiger charge is 2.09. The lowest BCUT2D eigenvalue weighted by atomic mass is 10.2. The smallest absolute Gasteiger partial charge is 0.134 e. The van der Waals surface area contributed by atoms with E-state index < -0.39 is 0 Å². The summed E-state index contributed by atoms with van der Waals surface area (Å²) in [6, 6.07) is 11.7. The van der Waals surface area contributed by atoms with Crippen molar-refractivity contribution in [1.82, 2.24) is 4.98 Å². The Morgan fingerprint density at radius 2 is 2.00 bits per heavy atom. The highest BCUT2D eigenvalue weighted by molar-refractivity contribution is 5.60. The van der Waals surface area contributed by atoms with Gasteiger partial charge in [0.2, 0.25) is 0 Å². The van der Waals surface area contributed by atoms with Crippen LogP contribution in [0, 0.1) is 17.1 Å². The fraction of sp³-hybridized carbons (Fsp3) is 0.143. The fourth-order valence-corrected chi connectivity index (χ4v) is 1.73. The summed E-state index contributed by atoms with van der Waals surface area (Å²) in [5, 5.41) is 8.88. The minimum Gasteiger partial charge on any atom is -0.327 e. The molecule has 3 nitrogen and oxygen atoms in total. The first-order valence-corrected chi connectivity index (χ1v) is 5.64. The number of pyridine rings is 1. The zero-order chi connectivity index (χ0) is 13.0. The topological polar surface area (TPSA) is 39.9 Å². The van der Waals surface area contributed by atoms with Gasteiger partial charge in [0.1, 0.15) is 11.6 Å². The van der Waals surface area contributed by atoms with Crippen LogP contribution in [0.3, 0.4) is 0 Å². The van der Waals surface area contributed by atoms with Gasteiger partial charge in [-0.15, -0.1) is 0 Å². The van der Waals surface area contributed by atoms with Gasteiger partial charge in [-0.2, -0.15) is 5.26 Å². The van der Waals surface area contributed by atoms with E-state index in [1.165, 1.54) is 12.1 Å². The lowest BCUT2D eigenvalue weighted by molar-refractivity contribution is 0.628. The van der Waals surface area contributed by atoms with Gasteiger partial charge in [-0.25, -0.2) is 9.37 Å². The molecule has 18 heavy (non-hydrogen) atoms. The first-order valence-electron chi connectivity index (χ1n) is 5.64. The van der Waals surface area contributed by atoms with E-state index >= 15 is 0 Å². The summed E-state index contributed by atoms with van der Waals surface area (Å²) in [4.78, 5) is 6.16. The van der Waals surface area contributed by atoms with Crippen LogP contribution in [0.4, 0.5) is 15.9 Å². The van der Waals surface area contributed by atoms with E-state index in [0.29, 0.717) is 17.9 Å². The van der Waals surface area contributed by atoms with Gasteiger partial charge in [-0.05, 0) is 43.3 Å². The number of nitriles is 1. The number of hydrogen-bond donors (Lipinski definition) is 0. The molecule has 0 unspecified atom stereocenters. The van der Waals surface area contributed by atoms with Gasteiger partial charge in [0.05, 0.1) is 11.6 Å². The minimum absolute atomic E-state index is 0.270. The van der Waals surface area contributed by atoms with Crippen molar-refractivity contribution >= 4 is 11.5 Å². The van der Waals surface area contributed by atoms with Crippen molar-refractivity contribution in [3.8, 4) is 6.07 Å². The molecule has 0 spiro atoms. The van der Waals surface area contributed by atoms with Crippen LogP contribution in [0.15, 0.2) is 42.6 Å². The maximum atomic E-state index is 12.9. The number of halogens is 1. The Bertz CT molecular complexity index is 572. The zero-order valence-electron chi connectivity index (χ0n) is 9.97. The summed E-state index contributed by atoms with van der Waals surface area (Å²) in [5.41, 5.74) is 1.40. The van der Waals surface area contributed by atoms with E-state index in [-0.39, 0.29) is 5.82 Å². The third-order valence-corrected chi connectivity index (χ3v) is 2.61. The number of benzene rings is 1. The lowest BCUT2D eigenvalue weighted by Gasteiger charge is -2.22. The van der Waals surface area contributed by atoms with Crippen LogP contribution in [-0.4, -0.2) is 11.5 Å². The van der Waals surface area contributed by atoms with Crippen LogP contribution < -0.4 is 4.90 Å². The average molecular weight is 241 g/mol. The number of nitrogens with zero attached hydrogens (tertiary/aromatic N) is 3. The molecule has 0 N–H and O–H groups in total. The summed E-state index contributed by atoms with van der Waals surface area (Å²) >= 11 is 0. The standard InChI is InChI=1S/C14H12FN3/c1-2-18(13-5-3-12(15)4-6-13)14-9-11(10-16)7-8-17-14/h3-9H,2H2,1H3. The molecule has 1 heterocycles. The second-order valence-electron chi connectivity index (χ2n) is 3.74. The fourth-order valence-electron chi connectivity index (χ4n) is 1.73. The molecule has 0 atom stereocenters. The third-order valence-electron chi connectivity index (χ3n) is 2.61. The first-order chi connectivity index (χ1) is 8.74. The maximum Gasteiger partial charge on any atom is 0.134 e. The van der Waals surface area contributed by atoms with Gasteiger partial charge in [-0.3, -0.25) is 0 Å². The van der Waals surface area contributed by atoms with E-state index in [1.54, 1.807) is 30.5 Å². The monoisotopic (exact) mass is 241 g/mol. The molecule has 0 bridgehead atoms. The predicted octanol–water partition coefficient (Wildman–Crippen LogP) is 3.25. The van der Waals surface area contributed by atoms with Crippen LogP contribution in [0.2, 0.25) is 0 Å². The number of aromatic nitrogens is 1. The molecule has 1 aromatic carbocycles. The Morgan fingerprint density at radius 1 is 1.28 bits per heavy atom. The molecule has 0 saturated carbocycles. The third kappa shape index (κ3) is 2.46. The molecule has 0 aliphatic carbocycles. The largest absolute Gasteiger partial charge is 0.327 e. The van der Waals surface area contributed by atoms with Crippen molar-refractivity contribution in [2.45, 2.75) is 6.92 Å². The molecule has 4 heteroatoms. The Balaban J connectivity index is 2.39. The van der Waals surface area contributed by atoms with E-state index in [2.05, 4.69) is 11.1 Å². The van der Waals surface area contributed by atoms with Gasteiger partial charge in [0.15, 0.2) is 0 Å². The lowest BCUT2D eigenvalue weighted by Crippen LogP contribution is -2.17. The zero-order valence-corrected chi connectivity index (χ0v) is 9.97. The van der Waals surface area contributed by atoms with E-state index in [4.69, 9.17) is 5.26 Å². The molecule has 2 aromatic rings. The summed E-state index contributed by atoms with van der Waals surface area (Å²) < 4.78 is 12.9. The second-order valence-corrected chi connectivity index (χ2v) is 3.74. The van der Waals surface area contributed by atoms with Gasteiger partial charge >= 0.3 is 0 Å². The van der Waals surface area contributed by atoms with Crippen molar-refractivity contribution in [2.75, 3.05) is 11.4 Å².